The van der Waals surface area contributed by atoms with E-state index in [0.29, 0.717) is 28.9 Å². The molecule has 0 amide bonds. The van der Waals surface area contributed by atoms with E-state index in [1.54, 1.807) is 5.57 Å². The Morgan fingerprint density at radius 2 is 1.69 bits per heavy atom. The number of halogens is 1. The topological polar surface area (TPSA) is 24.5 Å². The molecule has 0 bridgehead atoms. The first-order valence-corrected chi connectivity index (χ1v) is 16.0. The van der Waals surface area contributed by atoms with Gasteiger partial charge in [0, 0.05) is 38.2 Å². The van der Waals surface area contributed by atoms with Crippen LogP contribution in [0, 0.1) is 35.0 Å². The summed E-state index contributed by atoms with van der Waals surface area (Å²) >= 11 is 6.42. The molecule has 4 aliphatic rings. The van der Waals surface area contributed by atoms with Crippen molar-refractivity contribution in [3.05, 3.63) is 11.6 Å². The lowest BCUT2D eigenvalue weighted by molar-refractivity contribution is 0.00498. The normalized spacial score (nSPS) is 37.0. The van der Waals surface area contributed by atoms with Crippen LogP contribution in [-0.4, -0.2) is 55.7 Å². The van der Waals surface area contributed by atoms with Crippen LogP contribution in [0.2, 0.25) is 0 Å². The predicted octanol–water partition coefficient (Wildman–Crippen LogP) is 7.68. The van der Waals surface area contributed by atoms with Gasteiger partial charge < -0.3 is 15.0 Å². The molecule has 1 unspecified atom stereocenters. The van der Waals surface area contributed by atoms with E-state index in [-0.39, 0.29) is 0 Å². The third-order valence-electron chi connectivity index (χ3n) is 10.7. The summed E-state index contributed by atoms with van der Waals surface area (Å²) in [6.07, 6.45) is 19.0. The Hall–Kier alpha value is -0.0900. The molecule has 4 rings (SSSR count). The highest BCUT2D eigenvalue weighted by atomic mass is 35.5. The van der Waals surface area contributed by atoms with Gasteiger partial charge in [0.1, 0.15) is 0 Å². The Bertz CT molecular complexity index is 690. The summed E-state index contributed by atoms with van der Waals surface area (Å²) in [5.74, 6) is 4.11. The number of nitrogens with one attached hydrogen (secondary N) is 1. The quantitative estimate of drug-likeness (QED) is 0.249. The van der Waals surface area contributed by atoms with Crippen molar-refractivity contribution in [1.29, 1.82) is 0 Å². The highest BCUT2D eigenvalue weighted by Crippen LogP contribution is 2.45. The van der Waals surface area contributed by atoms with Crippen molar-refractivity contribution in [3.8, 4) is 0 Å². The summed E-state index contributed by atoms with van der Waals surface area (Å²) in [7, 11) is 1.89. The van der Waals surface area contributed by atoms with Crippen molar-refractivity contribution in [1.82, 2.24) is 10.2 Å². The molecule has 0 radical (unpaired) electrons. The van der Waals surface area contributed by atoms with E-state index in [2.05, 4.69) is 44.0 Å². The van der Waals surface area contributed by atoms with Gasteiger partial charge in [0.25, 0.3) is 0 Å². The van der Waals surface area contributed by atoms with E-state index in [0.717, 1.165) is 30.2 Å². The summed E-state index contributed by atoms with van der Waals surface area (Å²) in [6.45, 7) is 14.7. The van der Waals surface area contributed by atoms with E-state index in [1.165, 1.54) is 96.7 Å². The fraction of sp³-hybridized carbons (Fsp3) is 0.938. The Labute approximate surface area is 228 Å². The molecule has 0 aromatic heterocycles. The van der Waals surface area contributed by atoms with Crippen molar-refractivity contribution in [2.75, 3.05) is 33.3 Å². The minimum Gasteiger partial charge on any atom is -0.381 e. The van der Waals surface area contributed by atoms with E-state index in [1.807, 2.05) is 7.11 Å². The molecule has 1 aliphatic heterocycles. The van der Waals surface area contributed by atoms with Gasteiger partial charge in [0.05, 0.1) is 6.10 Å². The average Bonchev–Trinajstić information content (AvgIpc) is 2.87. The lowest BCUT2D eigenvalue weighted by Gasteiger charge is -2.49. The molecule has 0 spiro atoms. The van der Waals surface area contributed by atoms with Gasteiger partial charge in [-0.25, -0.2) is 0 Å². The van der Waals surface area contributed by atoms with E-state index in [4.69, 9.17) is 16.3 Å². The summed E-state index contributed by atoms with van der Waals surface area (Å²) < 4.78 is 5.62. The number of ether oxygens (including phenoxy) is 1. The molecule has 4 heteroatoms. The van der Waals surface area contributed by atoms with E-state index >= 15 is 0 Å². The monoisotopic (exact) mass is 520 g/mol. The molecule has 3 nitrogen and oxygen atoms in total. The predicted molar refractivity (Wildman–Crippen MR) is 155 cm³/mol. The first kappa shape index (κ1) is 28.9. The molecule has 3 aliphatic carbocycles. The molecule has 2 saturated carbocycles. The van der Waals surface area contributed by atoms with E-state index in [9.17, 15) is 0 Å². The minimum absolute atomic E-state index is 0.407. The zero-order valence-electron chi connectivity index (χ0n) is 24.2. The number of allylic oxidation sites excluding steroid dienone is 1. The number of methoxy groups -OCH3 is 1. The number of piperidine rings is 1. The largest absolute Gasteiger partial charge is 0.381 e. The van der Waals surface area contributed by atoms with Crippen LogP contribution in [0.5, 0.6) is 0 Å². The summed E-state index contributed by atoms with van der Waals surface area (Å²) in [5.41, 5.74) is 2.09. The van der Waals surface area contributed by atoms with Crippen molar-refractivity contribution in [2.45, 2.75) is 122 Å². The van der Waals surface area contributed by atoms with Crippen LogP contribution in [-0.2, 0) is 4.74 Å². The maximum atomic E-state index is 6.42. The minimum atomic E-state index is 0.407. The van der Waals surface area contributed by atoms with Gasteiger partial charge in [-0.15, -0.1) is 11.6 Å². The standard InChI is InChI=1S/C32H57ClN2O/c1-23(2)31(21-35-18-17-30(32(3,4)22-35)26-9-13-28(33)14-10-26)34-20-24-7-6-8-27(19-24)25-11-15-29(36-5)16-12-25/h19,23,25-31,34H,6-18,20-22H2,1-5H3/t25?,26?,27?,28?,29?,30-,31+/m1/s1. The van der Waals surface area contributed by atoms with Crippen LogP contribution in [0.15, 0.2) is 11.6 Å². The molecule has 0 aromatic rings. The lowest BCUT2D eigenvalue weighted by atomic mass is 9.64. The van der Waals surface area contributed by atoms with Gasteiger partial charge in [0.2, 0.25) is 0 Å². The average molecular weight is 521 g/mol. The summed E-state index contributed by atoms with van der Waals surface area (Å²) in [6, 6.07) is 0.572. The van der Waals surface area contributed by atoms with Gasteiger partial charge in [-0.05, 0) is 119 Å². The van der Waals surface area contributed by atoms with Crippen LogP contribution in [0.1, 0.15) is 105 Å². The molecular weight excluding hydrogens is 464 g/mol. The molecule has 1 saturated heterocycles. The van der Waals surface area contributed by atoms with Gasteiger partial charge in [-0.2, -0.15) is 0 Å². The van der Waals surface area contributed by atoms with Crippen molar-refractivity contribution in [3.63, 3.8) is 0 Å². The molecule has 208 valence electrons. The van der Waals surface area contributed by atoms with Gasteiger partial charge in [-0.3, -0.25) is 0 Å². The first-order valence-electron chi connectivity index (χ1n) is 15.6. The van der Waals surface area contributed by atoms with Crippen molar-refractivity contribution < 1.29 is 4.74 Å². The second-order valence-electron chi connectivity index (χ2n) is 14.0. The van der Waals surface area contributed by atoms with Crippen LogP contribution < -0.4 is 5.32 Å². The molecule has 3 atom stereocenters. The van der Waals surface area contributed by atoms with Gasteiger partial charge in [0.15, 0.2) is 0 Å². The number of nitrogens with zero attached hydrogens (tertiary/aromatic N) is 1. The number of rotatable bonds is 9. The highest BCUT2D eigenvalue weighted by molar-refractivity contribution is 6.20. The molecule has 1 N–H and O–H groups in total. The third-order valence-corrected chi connectivity index (χ3v) is 11.1. The van der Waals surface area contributed by atoms with Crippen LogP contribution >= 0.6 is 11.6 Å². The fourth-order valence-corrected chi connectivity index (χ4v) is 8.60. The smallest absolute Gasteiger partial charge is 0.0571 e. The Kier molecular flexibility index (Phi) is 10.7. The molecule has 1 heterocycles. The SMILES string of the molecule is COC1CCC(C2C=C(CN[C@@H](CN3CC[C@H](C4CCC(Cl)CC4)C(C)(C)C3)C(C)C)CCC2)CC1. The maximum absolute atomic E-state index is 6.42. The zero-order valence-corrected chi connectivity index (χ0v) is 25.0. The number of alkyl halides is 1. The van der Waals surface area contributed by atoms with E-state index < -0.39 is 0 Å². The van der Waals surface area contributed by atoms with Crippen LogP contribution in [0.4, 0.5) is 0 Å². The molecule has 0 aromatic carbocycles. The number of hydrogen-bond acceptors (Lipinski definition) is 3. The second-order valence-corrected chi connectivity index (χ2v) is 14.6. The first-order chi connectivity index (χ1) is 17.2. The van der Waals surface area contributed by atoms with Gasteiger partial charge in [-0.1, -0.05) is 39.3 Å². The van der Waals surface area contributed by atoms with Crippen molar-refractivity contribution in [2.24, 2.45) is 35.0 Å². The van der Waals surface area contributed by atoms with Crippen LogP contribution in [0.25, 0.3) is 0 Å². The number of likely N-dealkylation sites (tertiary alicyclic amines) is 1. The molecular formula is C32H57ClN2O. The van der Waals surface area contributed by atoms with Crippen LogP contribution in [0.3, 0.4) is 0 Å². The summed E-state index contributed by atoms with van der Waals surface area (Å²) in [5, 5.41) is 4.47. The molecule has 36 heavy (non-hydrogen) atoms. The number of hydrogen-bond donors (Lipinski definition) is 1. The van der Waals surface area contributed by atoms with Gasteiger partial charge >= 0.3 is 0 Å². The Morgan fingerprint density at radius 3 is 2.33 bits per heavy atom. The zero-order chi connectivity index (χ0) is 25.7. The third kappa shape index (κ3) is 7.73. The Balaban J connectivity index is 1.27. The highest BCUT2D eigenvalue weighted by Gasteiger charge is 2.41. The molecule has 3 fully saturated rings. The fourth-order valence-electron chi connectivity index (χ4n) is 8.35. The Morgan fingerprint density at radius 1 is 1.00 bits per heavy atom. The maximum Gasteiger partial charge on any atom is 0.0571 e. The summed E-state index contributed by atoms with van der Waals surface area (Å²) in [4.78, 5) is 2.79. The lowest BCUT2D eigenvalue weighted by Crippen LogP contribution is -2.53. The van der Waals surface area contributed by atoms with Crippen molar-refractivity contribution >= 4 is 11.6 Å². The second kappa shape index (κ2) is 13.3.